The minimum Gasteiger partial charge on any atom is -0.507 e. The number of hydrogen-bond acceptors (Lipinski definition) is 5. The summed E-state index contributed by atoms with van der Waals surface area (Å²) in [7, 11) is 0. The molecule has 0 aliphatic heterocycles. The number of non-ortho nitro benzene ring substituents is 1. The molecule has 0 aromatic heterocycles. The van der Waals surface area contributed by atoms with Gasteiger partial charge in [0.15, 0.2) is 0 Å². The first-order chi connectivity index (χ1) is 9.47. The molecular weight excluding hydrogens is 330 g/mol. The molecule has 0 fully saturated rings. The molecule has 0 saturated carbocycles. The zero-order valence-electron chi connectivity index (χ0n) is 9.95. The van der Waals surface area contributed by atoms with Gasteiger partial charge in [0.1, 0.15) is 17.1 Å². The number of carbonyl (C=O) groups excluding carboxylic acids is 1. The van der Waals surface area contributed by atoms with Crippen LogP contribution in [0.3, 0.4) is 0 Å². The predicted molar refractivity (Wildman–Crippen MR) is 73.9 cm³/mol. The fourth-order valence-electron chi connectivity index (χ4n) is 1.47. The van der Waals surface area contributed by atoms with Crippen LogP contribution in [0.15, 0.2) is 46.9 Å². The van der Waals surface area contributed by atoms with Crippen LogP contribution in [-0.2, 0) is 0 Å². The highest BCUT2D eigenvalue weighted by Gasteiger charge is 2.18. The van der Waals surface area contributed by atoms with Crippen molar-refractivity contribution in [3.8, 4) is 11.5 Å². The summed E-state index contributed by atoms with van der Waals surface area (Å²) in [5, 5.41) is 20.2. The Kier molecular flexibility index (Phi) is 3.99. The van der Waals surface area contributed by atoms with Crippen LogP contribution in [0.2, 0.25) is 0 Å². The standard InChI is InChI=1S/C13H8BrNO5/c14-8-1-4-10(5-2-8)20-13(17)11-7-9(15(18)19)3-6-12(11)16/h1-7,16H. The summed E-state index contributed by atoms with van der Waals surface area (Å²) in [6.45, 7) is 0. The van der Waals surface area contributed by atoms with Gasteiger partial charge in [-0.05, 0) is 30.3 Å². The third kappa shape index (κ3) is 3.12. The van der Waals surface area contributed by atoms with Crippen LogP contribution in [-0.4, -0.2) is 16.0 Å². The van der Waals surface area contributed by atoms with Crippen LogP contribution in [0.4, 0.5) is 5.69 Å². The Labute approximate surface area is 121 Å². The highest BCUT2D eigenvalue weighted by Crippen LogP contribution is 2.25. The van der Waals surface area contributed by atoms with Gasteiger partial charge in [0.25, 0.3) is 5.69 Å². The lowest BCUT2D eigenvalue weighted by molar-refractivity contribution is -0.384. The van der Waals surface area contributed by atoms with Crippen molar-refractivity contribution in [3.05, 3.63) is 62.6 Å². The Morgan fingerprint density at radius 2 is 1.85 bits per heavy atom. The molecule has 2 aromatic rings. The molecule has 20 heavy (non-hydrogen) atoms. The second-order valence-electron chi connectivity index (χ2n) is 3.80. The Morgan fingerprint density at radius 1 is 1.20 bits per heavy atom. The van der Waals surface area contributed by atoms with E-state index in [-0.39, 0.29) is 22.7 Å². The molecule has 0 bridgehead atoms. The zero-order chi connectivity index (χ0) is 14.7. The third-order valence-corrected chi connectivity index (χ3v) is 2.96. The SMILES string of the molecule is O=C(Oc1ccc(Br)cc1)c1cc([N+](=O)[O-])ccc1O. The summed E-state index contributed by atoms with van der Waals surface area (Å²) >= 11 is 3.24. The van der Waals surface area contributed by atoms with E-state index in [1.54, 1.807) is 24.3 Å². The maximum Gasteiger partial charge on any atom is 0.347 e. The summed E-state index contributed by atoms with van der Waals surface area (Å²) in [6.07, 6.45) is 0. The molecule has 2 rings (SSSR count). The fourth-order valence-corrected chi connectivity index (χ4v) is 1.73. The number of carbonyl (C=O) groups is 1. The van der Waals surface area contributed by atoms with Gasteiger partial charge < -0.3 is 9.84 Å². The number of rotatable bonds is 3. The molecule has 0 heterocycles. The number of phenolic OH excluding ortho intramolecular Hbond substituents is 1. The summed E-state index contributed by atoms with van der Waals surface area (Å²) < 4.78 is 5.84. The van der Waals surface area contributed by atoms with Crippen LogP contribution in [0.25, 0.3) is 0 Å². The molecule has 1 N–H and O–H groups in total. The van der Waals surface area contributed by atoms with Crippen LogP contribution in [0.1, 0.15) is 10.4 Å². The van der Waals surface area contributed by atoms with Gasteiger partial charge in [-0.1, -0.05) is 15.9 Å². The van der Waals surface area contributed by atoms with Crippen molar-refractivity contribution in [2.75, 3.05) is 0 Å². The van der Waals surface area contributed by atoms with Gasteiger partial charge in [-0.2, -0.15) is 0 Å². The normalized spacial score (nSPS) is 10.1. The monoisotopic (exact) mass is 337 g/mol. The number of phenols is 1. The van der Waals surface area contributed by atoms with Gasteiger partial charge in [-0.3, -0.25) is 10.1 Å². The van der Waals surface area contributed by atoms with Crippen LogP contribution >= 0.6 is 15.9 Å². The first kappa shape index (κ1) is 14.0. The molecule has 0 aliphatic rings. The average molecular weight is 338 g/mol. The number of esters is 1. The largest absolute Gasteiger partial charge is 0.507 e. The quantitative estimate of drug-likeness (QED) is 0.401. The molecule has 0 atom stereocenters. The molecule has 0 radical (unpaired) electrons. The molecule has 0 amide bonds. The first-order valence-corrected chi connectivity index (χ1v) is 6.22. The molecule has 102 valence electrons. The van der Waals surface area contributed by atoms with E-state index in [1.165, 1.54) is 0 Å². The Hall–Kier alpha value is -2.41. The number of benzene rings is 2. The van der Waals surface area contributed by atoms with Gasteiger partial charge in [-0.25, -0.2) is 4.79 Å². The van der Waals surface area contributed by atoms with Crippen molar-refractivity contribution < 1.29 is 19.6 Å². The number of hydrogen-bond donors (Lipinski definition) is 1. The van der Waals surface area contributed by atoms with E-state index in [1.807, 2.05) is 0 Å². The van der Waals surface area contributed by atoms with Crippen molar-refractivity contribution in [2.24, 2.45) is 0 Å². The average Bonchev–Trinajstić information content (AvgIpc) is 2.41. The first-order valence-electron chi connectivity index (χ1n) is 5.42. The van der Waals surface area contributed by atoms with Crippen LogP contribution < -0.4 is 4.74 Å². The number of ether oxygens (including phenoxy) is 1. The molecule has 0 saturated heterocycles. The minimum atomic E-state index is -0.867. The second-order valence-corrected chi connectivity index (χ2v) is 4.72. The second kappa shape index (κ2) is 5.70. The van der Waals surface area contributed by atoms with Crippen molar-refractivity contribution in [3.63, 3.8) is 0 Å². The molecular formula is C13H8BrNO5. The summed E-state index contributed by atoms with van der Waals surface area (Å²) in [5.74, 6) is -0.977. The number of nitrogens with zero attached hydrogens (tertiary/aromatic N) is 1. The van der Waals surface area contributed by atoms with Crippen LogP contribution in [0.5, 0.6) is 11.5 Å². The summed E-state index contributed by atoms with van der Waals surface area (Å²) in [5.41, 5.74) is -0.562. The van der Waals surface area contributed by atoms with Crippen molar-refractivity contribution in [1.82, 2.24) is 0 Å². The Balaban J connectivity index is 2.26. The molecule has 0 aliphatic carbocycles. The molecule has 6 nitrogen and oxygen atoms in total. The zero-order valence-corrected chi connectivity index (χ0v) is 11.5. The van der Waals surface area contributed by atoms with E-state index in [9.17, 15) is 20.0 Å². The molecule has 7 heteroatoms. The fraction of sp³-hybridized carbons (Fsp3) is 0. The number of nitro benzene ring substituents is 1. The maximum atomic E-state index is 11.9. The van der Waals surface area contributed by atoms with Gasteiger partial charge in [0.05, 0.1) is 4.92 Å². The van der Waals surface area contributed by atoms with Gasteiger partial charge in [-0.15, -0.1) is 0 Å². The van der Waals surface area contributed by atoms with Crippen molar-refractivity contribution in [2.45, 2.75) is 0 Å². The van der Waals surface area contributed by atoms with E-state index in [0.29, 0.717) is 0 Å². The van der Waals surface area contributed by atoms with E-state index < -0.39 is 10.9 Å². The Bertz CT molecular complexity index is 669. The smallest absolute Gasteiger partial charge is 0.347 e. The predicted octanol–water partition coefficient (Wildman–Crippen LogP) is 3.28. The molecule has 0 unspecified atom stereocenters. The summed E-state index contributed by atoms with van der Waals surface area (Å²) in [6, 6.07) is 9.61. The van der Waals surface area contributed by atoms with E-state index >= 15 is 0 Å². The number of nitro groups is 1. The molecule has 0 spiro atoms. The highest BCUT2D eigenvalue weighted by molar-refractivity contribution is 9.10. The minimum absolute atomic E-state index is 0.262. The lowest BCUT2D eigenvalue weighted by Crippen LogP contribution is -2.09. The molecule has 2 aromatic carbocycles. The van der Waals surface area contributed by atoms with E-state index in [4.69, 9.17) is 4.74 Å². The van der Waals surface area contributed by atoms with Crippen molar-refractivity contribution in [1.29, 1.82) is 0 Å². The van der Waals surface area contributed by atoms with Gasteiger partial charge in [0.2, 0.25) is 0 Å². The highest BCUT2D eigenvalue weighted by atomic mass is 79.9. The lowest BCUT2D eigenvalue weighted by atomic mass is 10.2. The number of aromatic hydroxyl groups is 1. The van der Waals surface area contributed by atoms with Gasteiger partial charge >= 0.3 is 5.97 Å². The van der Waals surface area contributed by atoms with E-state index in [0.717, 1.165) is 22.7 Å². The number of halogens is 1. The third-order valence-electron chi connectivity index (χ3n) is 2.44. The van der Waals surface area contributed by atoms with E-state index in [2.05, 4.69) is 15.9 Å². The maximum absolute atomic E-state index is 11.9. The van der Waals surface area contributed by atoms with Gasteiger partial charge in [0, 0.05) is 16.6 Å². The van der Waals surface area contributed by atoms with Crippen molar-refractivity contribution >= 4 is 27.6 Å². The van der Waals surface area contributed by atoms with Crippen LogP contribution in [0, 0.1) is 10.1 Å². The lowest BCUT2D eigenvalue weighted by Gasteiger charge is -2.06. The Morgan fingerprint density at radius 3 is 2.45 bits per heavy atom. The summed E-state index contributed by atoms with van der Waals surface area (Å²) in [4.78, 5) is 21.9. The topological polar surface area (TPSA) is 89.7 Å².